The predicted molar refractivity (Wildman–Crippen MR) is 67.1 cm³/mol. The number of likely N-dealkylation sites (N-methyl/N-ethyl adjacent to an activating group) is 1. The van der Waals surface area contributed by atoms with E-state index in [1.54, 1.807) is 0 Å². The minimum absolute atomic E-state index is 0.393. The topological polar surface area (TPSA) is 62.4 Å². The fourth-order valence-corrected chi connectivity index (χ4v) is 1.18. The zero-order valence-corrected chi connectivity index (χ0v) is 10.6. The molecule has 0 bridgehead atoms. The molecule has 0 radical (unpaired) electrons. The molecular formula is C11H26N4. The Morgan fingerprint density at radius 1 is 1.27 bits per heavy atom. The molecule has 0 aromatic carbocycles. The summed E-state index contributed by atoms with van der Waals surface area (Å²) >= 11 is 0. The zero-order chi connectivity index (χ0) is 11.7. The first-order valence-electron chi connectivity index (χ1n) is 5.64. The number of nitrogens with zero attached hydrogens (tertiary/aromatic N) is 1. The summed E-state index contributed by atoms with van der Waals surface area (Å²) in [5.74, 6) is 0.555. The van der Waals surface area contributed by atoms with Crippen molar-refractivity contribution in [2.45, 2.75) is 33.6 Å². The highest BCUT2D eigenvalue weighted by atomic mass is 15.1. The van der Waals surface area contributed by atoms with Gasteiger partial charge in [-0.05, 0) is 25.3 Å². The molecule has 0 aliphatic heterocycles. The van der Waals surface area contributed by atoms with Crippen LogP contribution in [0.3, 0.4) is 0 Å². The van der Waals surface area contributed by atoms with Gasteiger partial charge in [0.2, 0.25) is 0 Å². The Morgan fingerprint density at radius 3 is 2.47 bits per heavy atom. The van der Waals surface area contributed by atoms with Crippen molar-refractivity contribution in [3.63, 3.8) is 0 Å². The number of aliphatic imine (C=N–C) groups is 1. The van der Waals surface area contributed by atoms with Crippen LogP contribution in [-0.2, 0) is 0 Å². The highest BCUT2D eigenvalue weighted by Gasteiger charge is 2.08. The van der Waals surface area contributed by atoms with Crippen LogP contribution >= 0.6 is 0 Å². The van der Waals surface area contributed by atoms with Gasteiger partial charge in [-0.15, -0.1) is 0 Å². The molecule has 90 valence electrons. The van der Waals surface area contributed by atoms with Crippen LogP contribution in [-0.4, -0.2) is 32.6 Å². The SMILES string of the molecule is CNCCNC(N)=NCCCC(C)(C)C. The average Bonchev–Trinajstić information content (AvgIpc) is 2.11. The third-order valence-corrected chi connectivity index (χ3v) is 2.05. The smallest absolute Gasteiger partial charge is 0.188 e. The first kappa shape index (κ1) is 14.2. The highest BCUT2D eigenvalue weighted by Crippen LogP contribution is 2.20. The molecule has 15 heavy (non-hydrogen) atoms. The van der Waals surface area contributed by atoms with Gasteiger partial charge in [-0.3, -0.25) is 4.99 Å². The van der Waals surface area contributed by atoms with Gasteiger partial charge in [0.25, 0.3) is 0 Å². The van der Waals surface area contributed by atoms with Crippen LogP contribution in [0.1, 0.15) is 33.6 Å². The van der Waals surface area contributed by atoms with Gasteiger partial charge in [0.1, 0.15) is 0 Å². The number of nitrogens with one attached hydrogen (secondary N) is 2. The summed E-state index contributed by atoms with van der Waals surface area (Å²) < 4.78 is 0. The summed E-state index contributed by atoms with van der Waals surface area (Å²) in [6, 6.07) is 0. The summed E-state index contributed by atoms with van der Waals surface area (Å²) in [6.45, 7) is 9.26. The van der Waals surface area contributed by atoms with Crippen LogP contribution in [0.4, 0.5) is 0 Å². The van der Waals surface area contributed by atoms with E-state index < -0.39 is 0 Å². The lowest BCUT2D eigenvalue weighted by Gasteiger charge is -2.16. The highest BCUT2D eigenvalue weighted by molar-refractivity contribution is 5.77. The summed E-state index contributed by atoms with van der Waals surface area (Å²) in [5, 5.41) is 6.08. The van der Waals surface area contributed by atoms with Crippen LogP contribution in [0, 0.1) is 5.41 Å². The lowest BCUT2D eigenvalue weighted by Crippen LogP contribution is -2.36. The van der Waals surface area contributed by atoms with Gasteiger partial charge >= 0.3 is 0 Å². The van der Waals surface area contributed by atoms with Gasteiger partial charge in [0.15, 0.2) is 5.96 Å². The summed E-state index contributed by atoms with van der Waals surface area (Å²) in [6.07, 6.45) is 2.28. The van der Waals surface area contributed by atoms with E-state index in [-0.39, 0.29) is 0 Å². The van der Waals surface area contributed by atoms with Crippen molar-refractivity contribution in [2.75, 3.05) is 26.7 Å². The maximum atomic E-state index is 5.68. The molecule has 4 nitrogen and oxygen atoms in total. The van der Waals surface area contributed by atoms with Crippen molar-refractivity contribution in [1.82, 2.24) is 10.6 Å². The minimum Gasteiger partial charge on any atom is -0.370 e. The second-order valence-electron chi connectivity index (χ2n) is 4.96. The number of hydrogen-bond acceptors (Lipinski definition) is 2. The average molecular weight is 214 g/mol. The van der Waals surface area contributed by atoms with E-state index in [1.807, 2.05) is 7.05 Å². The van der Waals surface area contributed by atoms with Gasteiger partial charge in [-0.25, -0.2) is 0 Å². The fraction of sp³-hybridized carbons (Fsp3) is 0.909. The van der Waals surface area contributed by atoms with Gasteiger partial charge in [-0.2, -0.15) is 0 Å². The van der Waals surface area contributed by atoms with Gasteiger partial charge in [0.05, 0.1) is 0 Å². The van der Waals surface area contributed by atoms with Crippen molar-refractivity contribution in [3.8, 4) is 0 Å². The van der Waals surface area contributed by atoms with E-state index in [4.69, 9.17) is 5.73 Å². The first-order valence-corrected chi connectivity index (χ1v) is 5.64. The minimum atomic E-state index is 0.393. The monoisotopic (exact) mass is 214 g/mol. The van der Waals surface area contributed by atoms with E-state index >= 15 is 0 Å². The fourth-order valence-electron chi connectivity index (χ4n) is 1.18. The molecule has 0 saturated heterocycles. The molecule has 0 aromatic rings. The normalized spacial score (nSPS) is 12.9. The Labute approximate surface area is 93.7 Å². The lowest BCUT2D eigenvalue weighted by atomic mass is 9.91. The summed E-state index contributed by atoms with van der Waals surface area (Å²) in [7, 11) is 1.92. The number of guanidine groups is 1. The molecule has 0 rings (SSSR count). The van der Waals surface area contributed by atoms with Gasteiger partial charge in [-0.1, -0.05) is 20.8 Å². The molecule has 0 saturated carbocycles. The third-order valence-electron chi connectivity index (χ3n) is 2.05. The number of nitrogens with two attached hydrogens (primary N) is 1. The second kappa shape index (κ2) is 7.51. The number of rotatable bonds is 6. The lowest BCUT2D eigenvalue weighted by molar-refractivity contribution is 0.368. The standard InChI is InChI=1S/C11H26N4/c1-11(2,3)6-5-7-14-10(12)15-9-8-13-4/h13H,5-9H2,1-4H3,(H3,12,14,15). The molecule has 0 unspecified atom stereocenters. The molecule has 0 atom stereocenters. The zero-order valence-electron chi connectivity index (χ0n) is 10.6. The first-order chi connectivity index (χ1) is 6.95. The molecule has 4 heteroatoms. The Kier molecular flexibility index (Phi) is 7.13. The summed E-state index contributed by atoms with van der Waals surface area (Å²) in [5.41, 5.74) is 6.07. The van der Waals surface area contributed by atoms with Crippen molar-refractivity contribution in [1.29, 1.82) is 0 Å². The maximum absolute atomic E-state index is 5.68. The van der Waals surface area contributed by atoms with Crippen LogP contribution in [0.25, 0.3) is 0 Å². The van der Waals surface area contributed by atoms with Crippen LogP contribution in [0.5, 0.6) is 0 Å². The Bertz CT molecular complexity index is 182. The molecule has 0 aliphatic carbocycles. The molecule has 0 spiro atoms. The molecule has 0 aliphatic rings. The van der Waals surface area contributed by atoms with E-state index in [2.05, 4.69) is 36.4 Å². The Balaban J connectivity index is 3.50. The Morgan fingerprint density at radius 2 is 1.93 bits per heavy atom. The largest absolute Gasteiger partial charge is 0.370 e. The van der Waals surface area contributed by atoms with Crippen molar-refractivity contribution >= 4 is 5.96 Å². The number of hydrogen-bond donors (Lipinski definition) is 3. The van der Waals surface area contributed by atoms with Crippen LogP contribution in [0.15, 0.2) is 4.99 Å². The van der Waals surface area contributed by atoms with Crippen molar-refractivity contribution < 1.29 is 0 Å². The molecule has 4 N–H and O–H groups in total. The predicted octanol–water partition coefficient (Wildman–Crippen LogP) is 0.936. The molecule has 0 aromatic heterocycles. The molecular weight excluding hydrogens is 188 g/mol. The van der Waals surface area contributed by atoms with Crippen molar-refractivity contribution in [3.05, 3.63) is 0 Å². The van der Waals surface area contributed by atoms with Crippen LogP contribution < -0.4 is 16.4 Å². The van der Waals surface area contributed by atoms with Crippen LogP contribution in [0.2, 0.25) is 0 Å². The quantitative estimate of drug-likeness (QED) is 0.350. The maximum Gasteiger partial charge on any atom is 0.188 e. The summed E-state index contributed by atoms with van der Waals surface area (Å²) in [4.78, 5) is 4.25. The molecule has 0 heterocycles. The van der Waals surface area contributed by atoms with E-state index in [0.29, 0.717) is 11.4 Å². The van der Waals surface area contributed by atoms with Crippen molar-refractivity contribution in [2.24, 2.45) is 16.1 Å². The molecule has 0 amide bonds. The van der Waals surface area contributed by atoms with E-state index in [0.717, 1.165) is 26.1 Å². The van der Waals surface area contributed by atoms with Gasteiger partial charge in [0, 0.05) is 19.6 Å². The Hall–Kier alpha value is -0.770. The van der Waals surface area contributed by atoms with Gasteiger partial charge < -0.3 is 16.4 Å². The second-order valence-corrected chi connectivity index (χ2v) is 4.96. The van der Waals surface area contributed by atoms with E-state index in [1.165, 1.54) is 6.42 Å². The molecule has 0 fully saturated rings. The third kappa shape index (κ3) is 11.2. The van der Waals surface area contributed by atoms with E-state index in [9.17, 15) is 0 Å².